The molecule has 10 heavy (non-hydrogen) atoms. The smallest absolute Gasteiger partial charge is 0.141 e. The van der Waals surface area contributed by atoms with Crippen molar-refractivity contribution in [2.75, 3.05) is 6.61 Å². The lowest BCUT2D eigenvalue weighted by molar-refractivity contribution is 0.0436. The second-order valence-corrected chi connectivity index (χ2v) is 2.78. The van der Waals surface area contributed by atoms with Crippen LogP contribution in [0, 0.1) is 5.92 Å². The molecule has 0 saturated heterocycles. The Morgan fingerprint density at radius 1 is 1.60 bits per heavy atom. The summed E-state index contributed by atoms with van der Waals surface area (Å²) in [5, 5.41) is 17.6. The highest BCUT2D eigenvalue weighted by atomic mass is 19.1. The Balaban J connectivity index is 2.53. The van der Waals surface area contributed by atoms with Crippen molar-refractivity contribution in [1.29, 1.82) is 0 Å². The molecule has 60 valence electrons. The summed E-state index contributed by atoms with van der Waals surface area (Å²) in [6, 6.07) is -0.604. The molecule has 0 amide bonds. The third kappa shape index (κ3) is 1.14. The molecule has 1 saturated carbocycles. The molecule has 0 aromatic heterocycles. The first kappa shape index (κ1) is 7.91. The quantitative estimate of drug-likeness (QED) is 0.449. The van der Waals surface area contributed by atoms with Crippen molar-refractivity contribution in [3.8, 4) is 0 Å². The number of rotatable bonds is 1. The van der Waals surface area contributed by atoms with Gasteiger partial charge in [-0.15, -0.1) is 0 Å². The summed E-state index contributed by atoms with van der Waals surface area (Å²) in [4.78, 5) is 0. The Morgan fingerprint density at radius 2 is 2.20 bits per heavy atom. The molecule has 0 aromatic carbocycles. The van der Waals surface area contributed by atoms with E-state index in [4.69, 9.17) is 15.9 Å². The number of hydrogen-bond acceptors (Lipinski definition) is 3. The van der Waals surface area contributed by atoms with E-state index in [1.165, 1.54) is 0 Å². The molecule has 4 atom stereocenters. The average Bonchev–Trinajstić information content (AvgIpc) is 2.17. The molecule has 0 aromatic rings. The fraction of sp³-hybridized carbons (Fsp3) is 1.00. The number of halogens is 1. The first-order chi connectivity index (χ1) is 4.66. The molecule has 0 heterocycles. The zero-order chi connectivity index (χ0) is 7.72. The van der Waals surface area contributed by atoms with Gasteiger partial charge in [-0.3, -0.25) is 0 Å². The molecule has 1 rings (SSSR count). The molecule has 0 unspecified atom stereocenters. The van der Waals surface area contributed by atoms with Crippen LogP contribution in [0.15, 0.2) is 0 Å². The maximum absolute atomic E-state index is 12.7. The minimum Gasteiger partial charge on any atom is -0.396 e. The molecule has 1 fully saturated rings. The summed E-state index contributed by atoms with van der Waals surface area (Å²) >= 11 is 0. The predicted molar refractivity (Wildman–Crippen MR) is 34.1 cm³/mol. The Bertz CT molecular complexity index is 122. The van der Waals surface area contributed by atoms with Crippen molar-refractivity contribution in [1.82, 2.24) is 0 Å². The summed E-state index contributed by atoms with van der Waals surface area (Å²) in [5.74, 6) is -0.370. The Hall–Kier alpha value is -0.190. The highest BCUT2D eigenvalue weighted by Gasteiger charge is 2.40. The molecule has 4 N–H and O–H groups in total. The van der Waals surface area contributed by atoms with Crippen LogP contribution in [0.4, 0.5) is 4.39 Å². The van der Waals surface area contributed by atoms with E-state index in [2.05, 4.69) is 0 Å². The molecule has 0 bridgehead atoms. The van der Waals surface area contributed by atoms with Crippen molar-refractivity contribution < 1.29 is 14.6 Å². The van der Waals surface area contributed by atoms with E-state index < -0.39 is 18.3 Å². The molecule has 0 aliphatic heterocycles. The van der Waals surface area contributed by atoms with Crippen molar-refractivity contribution in [3.05, 3.63) is 0 Å². The van der Waals surface area contributed by atoms with E-state index in [9.17, 15) is 4.39 Å². The lowest BCUT2D eigenvalue weighted by Crippen LogP contribution is -2.32. The third-order valence-electron chi connectivity index (χ3n) is 2.03. The minimum atomic E-state index is -1.36. The second-order valence-electron chi connectivity index (χ2n) is 2.78. The fourth-order valence-corrected chi connectivity index (χ4v) is 1.31. The van der Waals surface area contributed by atoms with Crippen molar-refractivity contribution >= 4 is 0 Å². The maximum atomic E-state index is 12.7. The van der Waals surface area contributed by atoms with Crippen molar-refractivity contribution in [2.24, 2.45) is 11.7 Å². The van der Waals surface area contributed by atoms with Gasteiger partial charge in [-0.25, -0.2) is 4.39 Å². The van der Waals surface area contributed by atoms with Gasteiger partial charge in [0.1, 0.15) is 6.17 Å². The number of nitrogens with two attached hydrogens (primary N) is 1. The molecule has 4 heteroatoms. The number of alkyl halides is 1. The molecule has 1 aliphatic carbocycles. The standard InChI is InChI=1S/C6H12FNO2/c7-5-4(8)1-3(2-9)6(5)10/h3-6,9-10H,1-2,8H2/t3-,4-,5+,6-/m1/s1. The monoisotopic (exact) mass is 149 g/mol. The topological polar surface area (TPSA) is 66.5 Å². The first-order valence-corrected chi connectivity index (χ1v) is 3.35. The van der Waals surface area contributed by atoms with Gasteiger partial charge in [0, 0.05) is 18.6 Å². The Morgan fingerprint density at radius 3 is 2.40 bits per heavy atom. The van der Waals surface area contributed by atoms with Crippen LogP contribution in [0.1, 0.15) is 6.42 Å². The van der Waals surface area contributed by atoms with Crippen LogP contribution in [-0.2, 0) is 0 Å². The van der Waals surface area contributed by atoms with E-state index in [1.54, 1.807) is 0 Å². The van der Waals surface area contributed by atoms with E-state index >= 15 is 0 Å². The number of aliphatic hydroxyl groups excluding tert-OH is 2. The van der Waals surface area contributed by atoms with Crippen LogP contribution in [0.2, 0.25) is 0 Å². The van der Waals surface area contributed by atoms with Gasteiger partial charge in [0.25, 0.3) is 0 Å². The lowest BCUT2D eigenvalue weighted by Gasteiger charge is -2.11. The minimum absolute atomic E-state index is 0.185. The van der Waals surface area contributed by atoms with Crippen LogP contribution in [0.3, 0.4) is 0 Å². The maximum Gasteiger partial charge on any atom is 0.141 e. The highest BCUT2D eigenvalue weighted by molar-refractivity contribution is 4.93. The number of aliphatic hydroxyl groups is 2. The first-order valence-electron chi connectivity index (χ1n) is 3.35. The normalized spacial score (nSPS) is 48.0. The zero-order valence-corrected chi connectivity index (χ0v) is 5.57. The molecule has 1 aliphatic rings. The van der Waals surface area contributed by atoms with Gasteiger partial charge in [0.05, 0.1) is 6.10 Å². The van der Waals surface area contributed by atoms with E-state index in [0.717, 1.165) is 0 Å². The van der Waals surface area contributed by atoms with Crippen LogP contribution in [-0.4, -0.2) is 35.1 Å². The van der Waals surface area contributed by atoms with Gasteiger partial charge in [-0.05, 0) is 6.42 Å². The van der Waals surface area contributed by atoms with Gasteiger partial charge >= 0.3 is 0 Å². The van der Waals surface area contributed by atoms with Gasteiger partial charge in [0.2, 0.25) is 0 Å². The van der Waals surface area contributed by atoms with Gasteiger partial charge in [-0.1, -0.05) is 0 Å². The van der Waals surface area contributed by atoms with Crippen LogP contribution < -0.4 is 5.73 Å². The van der Waals surface area contributed by atoms with E-state index in [1.807, 2.05) is 0 Å². The molecule has 3 nitrogen and oxygen atoms in total. The Labute approximate surface area is 58.7 Å². The van der Waals surface area contributed by atoms with Crippen LogP contribution >= 0.6 is 0 Å². The van der Waals surface area contributed by atoms with E-state index in [-0.39, 0.29) is 12.5 Å². The highest BCUT2D eigenvalue weighted by Crippen LogP contribution is 2.26. The molecular formula is C6H12FNO2. The van der Waals surface area contributed by atoms with Crippen molar-refractivity contribution in [3.63, 3.8) is 0 Å². The number of hydrogen-bond donors (Lipinski definition) is 3. The van der Waals surface area contributed by atoms with E-state index in [0.29, 0.717) is 6.42 Å². The SMILES string of the molecule is N[C@@H]1C[C@H](CO)[C@@H](O)[C@H]1F. The summed E-state index contributed by atoms with van der Waals surface area (Å²) in [6.07, 6.45) is -2.06. The van der Waals surface area contributed by atoms with Gasteiger partial charge in [0.15, 0.2) is 0 Å². The zero-order valence-electron chi connectivity index (χ0n) is 5.57. The molecule has 0 spiro atoms. The fourth-order valence-electron chi connectivity index (χ4n) is 1.31. The summed E-state index contributed by atoms with van der Waals surface area (Å²) in [7, 11) is 0. The third-order valence-corrected chi connectivity index (χ3v) is 2.03. The summed E-state index contributed by atoms with van der Waals surface area (Å²) in [5.41, 5.74) is 5.29. The van der Waals surface area contributed by atoms with Crippen molar-refractivity contribution in [2.45, 2.75) is 24.7 Å². The van der Waals surface area contributed by atoms with Gasteiger partial charge < -0.3 is 15.9 Å². The van der Waals surface area contributed by atoms with Gasteiger partial charge in [-0.2, -0.15) is 0 Å². The Kier molecular flexibility index (Phi) is 2.23. The second kappa shape index (κ2) is 2.82. The summed E-state index contributed by atoms with van der Waals surface area (Å²) < 4.78 is 12.7. The molecule has 0 radical (unpaired) electrons. The largest absolute Gasteiger partial charge is 0.396 e. The summed E-state index contributed by atoms with van der Waals surface area (Å²) in [6.45, 7) is -0.185. The van der Waals surface area contributed by atoms with Crippen LogP contribution in [0.25, 0.3) is 0 Å². The van der Waals surface area contributed by atoms with Crippen LogP contribution in [0.5, 0.6) is 0 Å². The predicted octanol–water partition coefficient (Wildman–Crippen LogP) is -0.975. The lowest BCUT2D eigenvalue weighted by atomic mass is 10.1. The molecular weight excluding hydrogens is 137 g/mol. The average molecular weight is 149 g/mol.